The first kappa shape index (κ1) is 8.28. The standard InChI is InChI=1S/C8H14O/c1-4-8(9)6-5-7(2)3/h4,6-7,9H,1,5H2,2-3H3/b8-6+. The van der Waals surface area contributed by atoms with Crippen molar-refractivity contribution in [3.63, 3.8) is 0 Å². The van der Waals surface area contributed by atoms with Gasteiger partial charge in [-0.2, -0.15) is 0 Å². The van der Waals surface area contributed by atoms with Crippen molar-refractivity contribution in [1.82, 2.24) is 0 Å². The molecule has 9 heavy (non-hydrogen) atoms. The SMILES string of the molecule is C=C/C(O)=C\CC(C)C. The molecule has 0 saturated carbocycles. The first-order valence-electron chi connectivity index (χ1n) is 3.18. The van der Waals surface area contributed by atoms with Gasteiger partial charge in [0, 0.05) is 0 Å². The van der Waals surface area contributed by atoms with Crippen LogP contribution in [-0.2, 0) is 0 Å². The topological polar surface area (TPSA) is 20.2 Å². The van der Waals surface area contributed by atoms with Crippen molar-refractivity contribution in [1.29, 1.82) is 0 Å². The van der Waals surface area contributed by atoms with Gasteiger partial charge in [0.05, 0.1) is 0 Å². The minimum Gasteiger partial charge on any atom is -0.508 e. The minimum absolute atomic E-state index is 0.281. The summed E-state index contributed by atoms with van der Waals surface area (Å²) < 4.78 is 0. The van der Waals surface area contributed by atoms with E-state index in [2.05, 4.69) is 20.4 Å². The Morgan fingerprint density at radius 2 is 2.22 bits per heavy atom. The lowest BCUT2D eigenvalue weighted by Gasteiger charge is -1.96. The van der Waals surface area contributed by atoms with Crippen molar-refractivity contribution in [3.8, 4) is 0 Å². The van der Waals surface area contributed by atoms with Crippen LogP contribution in [0.2, 0.25) is 0 Å². The monoisotopic (exact) mass is 126 g/mol. The van der Waals surface area contributed by atoms with E-state index >= 15 is 0 Å². The summed E-state index contributed by atoms with van der Waals surface area (Å²) in [5.41, 5.74) is 0. The summed E-state index contributed by atoms with van der Waals surface area (Å²) in [5.74, 6) is 0.885. The lowest BCUT2D eigenvalue weighted by atomic mass is 10.1. The lowest BCUT2D eigenvalue weighted by molar-refractivity contribution is 0.427. The smallest absolute Gasteiger partial charge is 0.111 e. The van der Waals surface area contributed by atoms with E-state index in [9.17, 15) is 0 Å². The van der Waals surface area contributed by atoms with Gasteiger partial charge in [-0.25, -0.2) is 0 Å². The number of hydrogen-bond acceptors (Lipinski definition) is 1. The second-order valence-electron chi connectivity index (χ2n) is 2.46. The fraction of sp³-hybridized carbons (Fsp3) is 0.500. The molecule has 0 radical (unpaired) electrons. The predicted octanol–water partition coefficient (Wildman–Crippen LogP) is 2.66. The van der Waals surface area contributed by atoms with E-state index in [4.69, 9.17) is 5.11 Å². The summed E-state index contributed by atoms with van der Waals surface area (Å²) in [6, 6.07) is 0. The Balaban J connectivity index is 3.56. The molecule has 0 atom stereocenters. The van der Waals surface area contributed by atoms with Crippen molar-refractivity contribution in [2.75, 3.05) is 0 Å². The molecule has 0 aliphatic carbocycles. The number of rotatable bonds is 3. The molecule has 0 aromatic rings. The fourth-order valence-corrected chi connectivity index (χ4v) is 0.440. The first-order chi connectivity index (χ1) is 4.16. The van der Waals surface area contributed by atoms with Crippen molar-refractivity contribution < 1.29 is 5.11 Å². The van der Waals surface area contributed by atoms with Crippen LogP contribution in [0.4, 0.5) is 0 Å². The molecule has 0 saturated heterocycles. The highest BCUT2D eigenvalue weighted by molar-refractivity contribution is 5.06. The van der Waals surface area contributed by atoms with Gasteiger partial charge in [0.25, 0.3) is 0 Å². The number of hydrogen-bond donors (Lipinski definition) is 1. The van der Waals surface area contributed by atoms with Crippen LogP contribution in [0, 0.1) is 5.92 Å². The summed E-state index contributed by atoms with van der Waals surface area (Å²) in [6.07, 6.45) is 4.14. The number of allylic oxidation sites excluding steroid dienone is 2. The van der Waals surface area contributed by atoms with E-state index in [0.717, 1.165) is 6.42 Å². The molecule has 0 rings (SSSR count). The average molecular weight is 126 g/mol. The van der Waals surface area contributed by atoms with Crippen LogP contribution in [0.3, 0.4) is 0 Å². The largest absolute Gasteiger partial charge is 0.508 e. The van der Waals surface area contributed by atoms with Crippen molar-refractivity contribution >= 4 is 0 Å². The van der Waals surface area contributed by atoms with Crippen LogP contribution in [0.1, 0.15) is 20.3 Å². The van der Waals surface area contributed by atoms with Gasteiger partial charge in [0.2, 0.25) is 0 Å². The highest BCUT2D eigenvalue weighted by Crippen LogP contribution is 2.02. The normalized spacial score (nSPS) is 12.1. The van der Waals surface area contributed by atoms with E-state index in [1.165, 1.54) is 6.08 Å². The third-order valence-electron chi connectivity index (χ3n) is 1.01. The molecule has 1 N–H and O–H groups in total. The zero-order valence-electron chi connectivity index (χ0n) is 6.09. The van der Waals surface area contributed by atoms with Gasteiger partial charge >= 0.3 is 0 Å². The average Bonchev–Trinajstić information content (AvgIpc) is 1.83. The third kappa shape index (κ3) is 5.15. The lowest BCUT2D eigenvalue weighted by Crippen LogP contribution is -1.83. The highest BCUT2D eigenvalue weighted by atomic mass is 16.3. The van der Waals surface area contributed by atoms with Crippen molar-refractivity contribution in [2.24, 2.45) is 5.92 Å². The maximum absolute atomic E-state index is 8.85. The summed E-state index contributed by atoms with van der Waals surface area (Å²) in [4.78, 5) is 0. The van der Waals surface area contributed by atoms with Crippen LogP contribution in [0.25, 0.3) is 0 Å². The molecule has 0 amide bonds. The fourth-order valence-electron chi connectivity index (χ4n) is 0.440. The van der Waals surface area contributed by atoms with Gasteiger partial charge in [0.1, 0.15) is 5.76 Å². The van der Waals surface area contributed by atoms with Crippen LogP contribution in [0.15, 0.2) is 24.5 Å². The molecule has 0 aromatic heterocycles. The molecule has 0 unspecified atom stereocenters. The molecule has 1 heteroatoms. The van der Waals surface area contributed by atoms with Gasteiger partial charge in [0.15, 0.2) is 0 Å². The Morgan fingerprint density at radius 3 is 2.56 bits per heavy atom. The Labute approximate surface area is 56.7 Å². The zero-order chi connectivity index (χ0) is 7.28. The maximum Gasteiger partial charge on any atom is 0.111 e. The Hall–Kier alpha value is -0.720. The molecule has 1 nitrogen and oxygen atoms in total. The van der Waals surface area contributed by atoms with Crippen LogP contribution in [-0.4, -0.2) is 5.11 Å². The molecule has 0 spiro atoms. The summed E-state index contributed by atoms with van der Waals surface area (Å²) in [6.45, 7) is 7.63. The van der Waals surface area contributed by atoms with E-state index in [-0.39, 0.29) is 5.76 Å². The summed E-state index contributed by atoms with van der Waals surface area (Å²) in [5, 5.41) is 8.85. The van der Waals surface area contributed by atoms with Gasteiger partial charge in [-0.3, -0.25) is 0 Å². The second kappa shape index (κ2) is 4.19. The molecule has 0 bridgehead atoms. The highest BCUT2D eigenvalue weighted by Gasteiger charge is 1.89. The molecule has 52 valence electrons. The van der Waals surface area contributed by atoms with E-state index in [1.54, 1.807) is 6.08 Å². The van der Waals surface area contributed by atoms with Gasteiger partial charge in [-0.05, 0) is 24.5 Å². The van der Waals surface area contributed by atoms with Crippen molar-refractivity contribution in [3.05, 3.63) is 24.5 Å². The van der Waals surface area contributed by atoms with Gasteiger partial charge in [-0.1, -0.05) is 20.4 Å². The minimum atomic E-state index is 0.281. The van der Waals surface area contributed by atoms with Gasteiger partial charge in [-0.15, -0.1) is 0 Å². The molecular formula is C8H14O. The zero-order valence-corrected chi connectivity index (χ0v) is 6.09. The van der Waals surface area contributed by atoms with E-state index in [0.29, 0.717) is 5.92 Å². The van der Waals surface area contributed by atoms with Crippen molar-refractivity contribution in [2.45, 2.75) is 20.3 Å². The predicted molar refractivity (Wildman–Crippen MR) is 40.4 cm³/mol. The quantitative estimate of drug-likeness (QED) is 0.455. The number of aliphatic hydroxyl groups excluding tert-OH is 1. The third-order valence-corrected chi connectivity index (χ3v) is 1.01. The van der Waals surface area contributed by atoms with Gasteiger partial charge < -0.3 is 5.11 Å². The summed E-state index contributed by atoms with van der Waals surface area (Å²) in [7, 11) is 0. The molecule has 0 aliphatic rings. The Bertz CT molecular complexity index is 112. The van der Waals surface area contributed by atoms with Crippen LogP contribution < -0.4 is 0 Å². The maximum atomic E-state index is 8.85. The van der Waals surface area contributed by atoms with Crippen LogP contribution >= 0.6 is 0 Å². The Kier molecular flexibility index (Phi) is 3.85. The molecule has 0 heterocycles. The second-order valence-corrected chi connectivity index (χ2v) is 2.46. The van der Waals surface area contributed by atoms with E-state index < -0.39 is 0 Å². The van der Waals surface area contributed by atoms with Crippen LogP contribution in [0.5, 0.6) is 0 Å². The Morgan fingerprint density at radius 1 is 1.67 bits per heavy atom. The molecule has 0 aromatic carbocycles. The number of aliphatic hydroxyl groups is 1. The summed E-state index contributed by atoms with van der Waals surface area (Å²) >= 11 is 0. The first-order valence-corrected chi connectivity index (χ1v) is 3.18. The molecule has 0 aliphatic heterocycles. The van der Waals surface area contributed by atoms with E-state index in [1.807, 2.05) is 0 Å². The molecule has 0 fully saturated rings. The molecular weight excluding hydrogens is 112 g/mol.